The van der Waals surface area contributed by atoms with E-state index in [0.717, 1.165) is 18.8 Å². The number of nitrogen functional groups attached to an aromatic ring is 1. The summed E-state index contributed by atoms with van der Waals surface area (Å²) in [5, 5.41) is 2.68. The average Bonchev–Trinajstić information content (AvgIpc) is 2.38. The van der Waals surface area contributed by atoms with Gasteiger partial charge in [-0.2, -0.15) is 0 Å². The Morgan fingerprint density at radius 2 is 2.05 bits per heavy atom. The quantitative estimate of drug-likeness (QED) is 0.772. The molecule has 1 amide bonds. The monoisotopic (exact) mass is 278 g/mol. The first kappa shape index (κ1) is 16.3. The Kier molecular flexibility index (Phi) is 5.82. The minimum Gasteiger partial charge on any atom is -0.399 e. The molecule has 0 spiro atoms. The van der Waals surface area contributed by atoms with Crippen LogP contribution in [0.25, 0.3) is 0 Å². The van der Waals surface area contributed by atoms with E-state index in [0.29, 0.717) is 17.3 Å². The second-order valence-electron chi connectivity index (χ2n) is 5.25. The molecule has 0 aliphatic rings. The molecular formula is C15H26N4O. The van der Waals surface area contributed by atoms with E-state index in [1.54, 1.807) is 19.2 Å². The fourth-order valence-electron chi connectivity index (χ4n) is 2.46. The molecule has 1 aromatic rings. The number of nitrogens with one attached hydrogen (secondary N) is 1. The topological polar surface area (TPSA) is 61.6 Å². The minimum atomic E-state index is -0.0875. The zero-order valence-electron chi connectivity index (χ0n) is 13.1. The summed E-state index contributed by atoms with van der Waals surface area (Å²) in [7, 11) is 5.73. The van der Waals surface area contributed by atoms with Gasteiger partial charge in [-0.15, -0.1) is 0 Å². The number of hydrogen-bond donors (Lipinski definition) is 2. The molecule has 1 rings (SSSR count). The van der Waals surface area contributed by atoms with Gasteiger partial charge in [0.25, 0.3) is 5.91 Å². The van der Waals surface area contributed by atoms with Crippen molar-refractivity contribution in [1.82, 2.24) is 10.2 Å². The number of benzene rings is 1. The van der Waals surface area contributed by atoms with E-state index in [-0.39, 0.29) is 5.91 Å². The first-order chi connectivity index (χ1) is 9.40. The molecule has 5 nitrogen and oxygen atoms in total. The maximum atomic E-state index is 12.0. The number of likely N-dealkylation sites (N-methyl/N-ethyl adjacent to an activating group) is 2. The van der Waals surface area contributed by atoms with Gasteiger partial charge in [-0.3, -0.25) is 4.79 Å². The molecule has 0 radical (unpaired) electrons. The number of nitrogens with two attached hydrogens (primary N) is 1. The van der Waals surface area contributed by atoms with Gasteiger partial charge in [0.2, 0.25) is 0 Å². The molecule has 0 bridgehead atoms. The molecular weight excluding hydrogens is 252 g/mol. The van der Waals surface area contributed by atoms with Crippen LogP contribution in [0, 0.1) is 0 Å². The van der Waals surface area contributed by atoms with Crippen LogP contribution < -0.4 is 16.0 Å². The summed E-state index contributed by atoms with van der Waals surface area (Å²) in [5.74, 6) is -0.0875. The molecule has 1 atom stereocenters. The molecule has 0 saturated heterocycles. The number of hydrogen-bond acceptors (Lipinski definition) is 4. The summed E-state index contributed by atoms with van der Waals surface area (Å²) >= 11 is 0. The van der Waals surface area contributed by atoms with Crippen LogP contribution in [0.5, 0.6) is 0 Å². The maximum absolute atomic E-state index is 12.0. The highest BCUT2D eigenvalue weighted by molar-refractivity contribution is 6.00. The number of carbonyl (C=O) groups excluding carboxylic acids is 1. The van der Waals surface area contributed by atoms with Gasteiger partial charge in [-0.1, -0.05) is 0 Å². The van der Waals surface area contributed by atoms with E-state index >= 15 is 0 Å². The van der Waals surface area contributed by atoms with Gasteiger partial charge in [-0.25, -0.2) is 0 Å². The Labute approximate surface area is 121 Å². The van der Waals surface area contributed by atoms with Crippen LogP contribution >= 0.6 is 0 Å². The van der Waals surface area contributed by atoms with Crippen molar-refractivity contribution in [3.8, 4) is 0 Å². The minimum absolute atomic E-state index is 0.0875. The summed E-state index contributed by atoms with van der Waals surface area (Å²) in [4.78, 5) is 16.4. The molecule has 0 fully saturated rings. The zero-order valence-corrected chi connectivity index (χ0v) is 13.1. The number of nitrogens with zero attached hydrogens (tertiary/aromatic N) is 2. The molecule has 0 aliphatic heterocycles. The fraction of sp³-hybridized carbons (Fsp3) is 0.533. The van der Waals surface area contributed by atoms with Crippen molar-refractivity contribution >= 4 is 17.3 Å². The fourth-order valence-corrected chi connectivity index (χ4v) is 2.46. The Bertz CT molecular complexity index is 459. The molecule has 1 unspecified atom stereocenters. The molecule has 0 aromatic heterocycles. The Morgan fingerprint density at radius 1 is 1.40 bits per heavy atom. The van der Waals surface area contributed by atoms with Crippen molar-refractivity contribution in [1.29, 1.82) is 0 Å². The van der Waals surface area contributed by atoms with Crippen LogP contribution in [0.15, 0.2) is 18.2 Å². The normalized spacial score (nSPS) is 12.3. The molecule has 0 saturated carbocycles. The Morgan fingerprint density at radius 3 is 2.55 bits per heavy atom. The molecule has 20 heavy (non-hydrogen) atoms. The third-order valence-corrected chi connectivity index (χ3v) is 3.31. The lowest BCUT2D eigenvalue weighted by Crippen LogP contribution is -2.41. The molecule has 3 N–H and O–H groups in total. The lowest BCUT2D eigenvalue weighted by Gasteiger charge is -2.33. The second kappa shape index (κ2) is 7.14. The highest BCUT2D eigenvalue weighted by Gasteiger charge is 2.20. The summed E-state index contributed by atoms with van der Waals surface area (Å²) in [5.41, 5.74) is 8.12. The summed E-state index contributed by atoms with van der Waals surface area (Å²) in [6.45, 7) is 5.97. The summed E-state index contributed by atoms with van der Waals surface area (Å²) in [6, 6.07) is 5.72. The van der Waals surface area contributed by atoms with E-state index in [4.69, 9.17) is 5.73 Å². The van der Waals surface area contributed by atoms with Gasteiger partial charge in [0.05, 0.1) is 11.3 Å². The van der Waals surface area contributed by atoms with Crippen LogP contribution in [0.4, 0.5) is 11.4 Å². The predicted molar refractivity (Wildman–Crippen MR) is 85.3 cm³/mol. The highest BCUT2D eigenvalue weighted by Crippen LogP contribution is 2.25. The molecule has 112 valence electrons. The molecule has 0 aliphatic carbocycles. The lowest BCUT2D eigenvalue weighted by atomic mass is 10.1. The van der Waals surface area contributed by atoms with Gasteiger partial charge in [-0.05, 0) is 46.1 Å². The standard InChI is InChI=1S/C15H26N4O/c1-6-19(11(2)10-18(4)5)14-9-12(16)7-8-13(14)15(20)17-3/h7-9,11H,6,10,16H2,1-5H3,(H,17,20). The second-order valence-corrected chi connectivity index (χ2v) is 5.25. The van der Waals surface area contributed by atoms with Gasteiger partial charge in [0.15, 0.2) is 0 Å². The van der Waals surface area contributed by atoms with Crippen LogP contribution in [-0.2, 0) is 0 Å². The number of carbonyl (C=O) groups is 1. The third-order valence-electron chi connectivity index (χ3n) is 3.31. The van der Waals surface area contributed by atoms with Crippen LogP contribution in [0.2, 0.25) is 0 Å². The van der Waals surface area contributed by atoms with E-state index in [1.165, 1.54) is 0 Å². The average molecular weight is 278 g/mol. The van der Waals surface area contributed by atoms with Crippen molar-refractivity contribution in [3.63, 3.8) is 0 Å². The van der Waals surface area contributed by atoms with E-state index in [1.807, 2.05) is 20.2 Å². The van der Waals surface area contributed by atoms with Gasteiger partial charge in [0, 0.05) is 31.9 Å². The van der Waals surface area contributed by atoms with Crippen molar-refractivity contribution in [3.05, 3.63) is 23.8 Å². The van der Waals surface area contributed by atoms with Crippen molar-refractivity contribution in [2.45, 2.75) is 19.9 Å². The van der Waals surface area contributed by atoms with Crippen LogP contribution in [0.1, 0.15) is 24.2 Å². The van der Waals surface area contributed by atoms with E-state index < -0.39 is 0 Å². The van der Waals surface area contributed by atoms with E-state index in [2.05, 4.69) is 29.0 Å². The highest BCUT2D eigenvalue weighted by atomic mass is 16.1. The number of rotatable bonds is 6. The van der Waals surface area contributed by atoms with Crippen molar-refractivity contribution in [2.24, 2.45) is 0 Å². The molecule has 0 heterocycles. The van der Waals surface area contributed by atoms with Crippen LogP contribution in [0.3, 0.4) is 0 Å². The largest absolute Gasteiger partial charge is 0.399 e. The van der Waals surface area contributed by atoms with E-state index in [9.17, 15) is 4.79 Å². The van der Waals surface area contributed by atoms with Crippen LogP contribution in [-0.4, -0.2) is 51.1 Å². The Hall–Kier alpha value is -1.75. The zero-order chi connectivity index (χ0) is 15.3. The smallest absolute Gasteiger partial charge is 0.253 e. The number of amides is 1. The van der Waals surface area contributed by atoms with Gasteiger partial charge < -0.3 is 20.9 Å². The first-order valence-electron chi connectivity index (χ1n) is 6.93. The molecule has 5 heteroatoms. The van der Waals surface area contributed by atoms with Gasteiger partial charge in [0.1, 0.15) is 0 Å². The maximum Gasteiger partial charge on any atom is 0.253 e. The lowest BCUT2D eigenvalue weighted by molar-refractivity contribution is 0.0963. The first-order valence-corrected chi connectivity index (χ1v) is 6.93. The summed E-state index contributed by atoms with van der Waals surface area (Å²) in [6.07, 6.45) is 0. The molecule has 1 aromatic carbocycles. The number of anilines is 2. The van der Waals surface area contributed by atoms with Crippen molar-refractivity contribution in [2.75, 3.05) is 44.9 Å². The Balaban J connectivity index is 3.19. The summed E-state index contributed by atoms with van der Waals surface area (Å²) < 4.78 is 0. The van der Waals surface area contributed by atoms with Gasteiger partial charge >= 0.3 is 0 Å². The third kappa shape index (κ3) is 3.87. The SMILES string of the molecule is CCN(c1cc(N)ccc1C(=O)NC)C(C)CN(C)C. The predicted octanol–water partition coefficient (Wildman–Crippen LogP) is 1.40. The van der Waals surface area contributed by atoms with Crippen molar-refractivity contribution < 1.29 is 4.79 Å².